The summed E-state index contributed by atoms with van der Waals surface area (Å²) in [6.07, 6.45) is 12.3. The predicted octanol–water partition coefficient (Wildman–Crippen LogP) is 4.74. The van der Waals surface area contributed by atoms with E-state index >= 15 is 0 Å². The molecule has 0 saturated heterocycles. The Morgan fingerprint density at radius 2 is 1.69 bits per heavy atom. The molecule has 1 rings (SSSR count). The molecule has 0 aliphatic heterocycles. The van der Waals surface area contributed by atoms with Crippen LogP contribution in [-0.4, -0.2) is 5.78 Å². The van der Waals surface area contributed by atoms with Gasteiger partial charge in [0.05, 0.1) is 0 Å². The van der Waals surface area contributed by atoms with Crippen molar-refractivity contribution in [3.8, 4) is 0 Å². The van der Waals surface area contributed by atoms with E-state index in [9.17, 15) is 4.79 Å². The Kier molecular flexibility index (Phi) is 6.75. The van der Waals surface area contributed by atoms with E-state index < -0.39 is 0 Å². The van der Waals surface area contributed by atoms with Crippen LogP contribution < -0.4 is 0 Å². The minimum absolute atomic E-state index is 0.459. The summed E-state index contributed by atoms with van der Waals surface area (Å²) in [5.74, 6) is 1.86. The van der Waals surface area contributed by atoms with E-state index in [0.717, 1.165) is 18.8 Å². The van der Waals surface area contributed by atoms with E-state index in [-0.39, 0.29) is 0 Å². The number of unbranched alkanes of at least 4 members (excludes halogenated alkanes) is 4. The Hall–Kier alpha value is -0.330. The maximum atomic E-state index is 11.6. The van der Waals surface area contributed by atoms with Gasteiger partial charge >= 0.3 is 0 Å². The minimum atomic E-state index is 0.459. The number of carbonyl (C=O) groups is 1. The average Bonchev–Trinajstić information content (AvgIpc) is 2.13. The maximum Gasteiger partial charge on any atom is 0.135 e. The first-order chi connectivity index (χ1) is 7.70. The van der Waals surface area contributed by atoms with Crippen LogP contribution in [-0.2, 0) is 4.79 Å². The number of hydrogen-bond donors (Lipinski definition) is 0. The quantitative estimate of drug-likeness (QED) is 0.517. The molecule has 0 amide bonds. The zero-order valence-electron chi connectivity index (χ0n) is 11.1. The van der Waals surface area contributed by atoms with E-state index in [1.165, 1.54) is 51.4 Å². The molecular formula is C15H28O. The number of Topliss-reactive ketones (excluding diaryl/α,β-unsaturated/α-hetero) is 1. The summed E-state index contributed by atoms with van der Waals surface area (Å²) in [5, 5.41) is 0. The van der Waals surface area contributed by atoms with Crippen LogP contribution in [0.25, 0.3) is 0 Å². The zero-order chi connectivity index (χ0) is 11.8. The summed E-state index contributed by atoms with van der Waals surface area (Å²) in [7, 11) is 0. The van der Waals surface area contributed by atoms with Crippen LogP contribution in [0.4, 0.5) is 0 Å². The third-order valence-electron chi connectivity index (χ3n) is 3.77. The normalized spacial score (nSPS) is 16.4. The molecule has 1 fully saturated rings. The van der Waals surface area contributed by atoms with Gasteiger partial charge in [-0.15, -0.1) is 0 Å². The highest BCUT2D eigenvalue weighted by Crippen LogP contribution is 2.28. The van der Waals surface area contributed by atoms with Gasteiger partial charge in [0.1, 0.15) is 5.78 Å². The molecular weight excluding hydrogens is 196 g/mol. The average molecular weight is 224 g/mol. The third-order valence-corrected chi connectivity index (χ3v) is 3.77. The van der Waals surface area contributed by atoms with Crippen molar-refractivity contribution in [3.05, 3.63) is 0 Å². The first-order valence-corrected chi connectivity index (χ1v) is 7.23. The van der Waals surface area contributed by atoms with Crippen LogP contribution in [0.3, 0.4) is 0 Å². The Balaban J connectivity index is 1.82. The van der Waals surface area contributed by atoms with Crippen molar-refractivity contribution in [1.82, 2.24) is 0 Å². The molecule has 0 radical (unpaired) electrons. The smallest absolute Gasteiger partial charge is 0.135 e. The number of hydrogen-bond acceptors (Lipinski definition) is 1. The highest BCUT2D eigenvalue weighted by molar-refractivity contribution is 5.81. The van der Waals surface area contributed by atoms with Crippen molar-refractivity contribution >= 4 is 5.78 Å². The molecule has 0 bridgehead atoms. The lowest BCUT2D eigenvalue weighted by Crippen LogP contribution is -2.21. The van der Waals surface area contributed by atoms with Gasteiger partial charge in [0, 0.05) is 12.3 Å². The predicted molar refractivity (Wildman–Crippen MR) is 69.5 cm³/mol. The van der Waals surface area contributed by atoms with Crippen LogP contribution in [0.2, 0.25) is 0 Å². The Morgan fingerprint density at radius 1 is 1.06 bits per heavy atom. The molecule has 0 aromatic rings. The van der Waals surface area contributed by atoms with Crippen molar-refractivity contribution in [1.29, 1.82) is 0 Å². The molecule has 0 atom stereocenters. The summed E-state index contributed by atoms with van der Waals surface area (Å²) in [5.41, 5.74) is 0. The summed E-state index contributed by atoms with van der Waals surface area (Å²) in [6, 6.07) is 0. The van der Waals surface area contributed by atoms with Gasteiger partial charge in [-0.25, -0.2) is 0 Å². The highest BCUT2D eigenvalue weighted by atomic mass is 16.1. The molecule has 94 valence electrons. The molecule has 16 heavy (non-hydrogen) atoms. The summed E-state index contributed by atoms with van der Waals surface area (Å²) >= 11 is 0. The SMILES string of the molecule is CC(C)CCCCCCCC(=O)C1CCC1. The van der Waals surface area contributed by atoms with Gasteiger partial charge in [0.2, 0.25) is 0 Å². The lowest BCUT2D eigenvalue weighted by atomic mass is 9.80. The third kappa shape index (κ3) is 5.67. The molecule has 1 heteroatoms. The number of ketones is 1. The highest BCUT2D eigenvalue weighted by Gasteiger charge is 2.23. The molecule has 0 heterocycles. The summed E-state index contributed by atoms with van der Waals surface area (Å²) < 4.78 is 0. The van der Waals surface area contributed by atoms with E-state index in [1.54, 1.807) is 0 Å². The van der Waals surface area contributed by atoms with Gasteiger partial charge in [0.25, 0.3) is 0 Å². The Morgan fingerprint density at radius 3 is 2.25 bits per heavy atom. The van der Waals surface area contributed by atoms with Crippen molar-refractivity contribution in [2.24, 2.45) is 11.8 Å². The fourth-order valence-corrected chi connectivity index (χ4v) is 2.32. The lowest BCUT2D eigenvalue weighted by Gasteiger charge is -2.23. The summed E-state index contributed by atoms with van der Waals surface area (Å²) in [4.78, 5) is 11.6. The molecule has 0 aromatic heterocycles. The van der Waals surface area contributed by atoms with Gasteiger partial charge in [-0.3, -0.25) is 4.79 Å². The van der Waals surface area contributed by atoms with Gasteiger partial charge in [0.15, 0.2) is 0 Å². The largest absolute Gasteiger partial charge is 0.299 e. The van der Waals surface area contributed by atoms with Crippen LogP contribution in [0.15, 0.2) is 0 Å². The fourth-order valence-electron chi connectivity index (χ4n) is 2.32. The topological polar surface area (TPSA) is 17.1 Å². The van der Waals surface area contributed by atoms with Crippen molar-refractivity contribution in [2.75, 3.05) is 0 Å². The van der Waals surface area contributed by atoms with Crippen molar-refractivity contribution in [2.45, 2.75) is 78.1 Å². The van der Waals surface area contributed by atoms with Crippen molar-refractivity contribution < 1.29 is 4.79 Å². The molecule has 1 aliphatic rings. The second kappa shape index (κ2) is 7.86. The van der Waals surface area contributed by atoms with Gasteiger partial charge in [-0.1, -0.05) is 52.4 Å². The van der Waals surface area contributed by atoms with Crippen molar-refractivity contribution in [3.63, 3.8) is 0 Å². The Labute approximate surface area is 101 Å². The number of carbonyl (C=O) groups excluding carboxylic acids is 1. The second-order valence-electron chi connectivity index (χ2n) is 5.79. The molecule has 1 nitrogen and oxygen atoms in total. The molecule has 1 aliphatic carbocycles. The first-order valence-electron chi connectivity index (χ1n) is 7.23. The van der Waals surface area contributed by atoms with Gasteiger partial charge in [-0.2, -0.15) is 0 Å². The fraction of sp³-hybridized carbons (Fsp3) is 0.933. The van der Waals surface area contributed by atoms with E-state index in [4.69, 9.17) is 0 Å². The molecule has 0 N–H and O–H groups in total. The van der Waals surface area contributed by atoms with E-state index in [0.29, 0.717) is 11.7 Å². The first kappa shape index (κ1) is 13.7. The van der Waals surface area contributed by atoms with E-state index in [2.05, 4.69) is 13.8 Å². The lowest BCUT2D eigenvalue weighted by molar-refractivity contribution is -0.125. The number of rotatable bonds is 9. The second-order valence-corrected chi connectivity index (χ2v) is 5.79. The van der Waals surface area contributed by atoms with Crippen LogP contribution in [0, 0.1) is 11.8 Å². The van der Waals surface area contributed by atoms with Crippen LogP contribution in [0.1, 0.15) is 78.1 Å². The monoisotopic (exact) mass is 224 g/mol. The molecule has 0 unspecified atom stereocenters. The van der Waals surface area contributed by atoms with Gasteiger partial charge < -0.3 is 0 Å². The van der Waals surface area contributed by atoms with Crippen LogP contribution >= 0.6 is 0 Å². The standard InChI is InChI=1S/C15H28O/c1-13(2)9-6-4-3-5-7-12-15(16)14-10-8-11-14/h13-14H,3-12H2,1-2H3. The Bertz CT molecular complexity index is 192. The minimum Gasteiger partial charge on any atom is -0.299 e. The molecule has 0 spiro atoms. The molecule has 0 aromatic carbocycles. The zero-order valence-corrected chi connectivity index (χ0v) is 11.1. The summed E-state index contributed by atoms with van der Waals surface area (Å²) in [6.45, 7) is 4.58. The van der Waals surface area contributed by atoms with Gasteiger partial charge in [-0.05, 0) is 25.2 Å². The maximum absolute atomic E-state index is 11.6. The van der Waals surface area contributed by atoms with E-state index in [1.807, 2.05) is 0 Å². The molecule has 1 saturated carbocycles. The van der Waals surface area contributed by atoms with Crippen LogP contribution in [0.5, 0.6) is 0 Å².